The van der Waals surface area contributed by atoms with Crippen LogP contribution in [0.4, 0.5) is 0 Å². The molecule has 7 heteroatoms. The summed E-state index contributed by atoms with van der Waals surface area (Å²) in [6.45, 7) is 1.91. The van der Waals surface area contributed by atoms with Crippen LogP contribution < -0.4 is 0 Å². The Morgan fingerprint density at radius 3 is 2.25 bits per heavy atom. The Kier molecular flexibility index (Phi) is 4.30. The molecular formula is C25H22N2O4S. The number of fused-ring (bicyclic) bond motifs is 6. The van der Waals surface area contributed by atoms with Crippen molar-refractivity contribution in [3.8, 4) is 0 Å². The number of epoxide rings is 1. The van der Waals surface area contributed by atoms with Crippen LogP contribution in [0.5, 0.6) is 0 Å². The Bertz CT molecular complexity index is 1310. The molecule has 3 aliphatic rings. The van der Waals surface area contributed by atoms with Gasteiger partial charge in [-0.3, -0.25) is 9.69 Å². The second-order valence-electron chi connectivity index (χ2n) is 8.55. The highest BCUT2D eigenvalue weighted by Crippen LogP contribution is 2.56. The molecule has 6 rings (SSSR count). The molecule has 3 aromatic carbocycles. The largest absolute Gasteiger partial charge is 0.342 e. The lowest BCUT2D eigenvalue weighted by Gasteiger charge is -2.33. The number of amides is 1. The molecule has 0 bridgehead atoms. The predicted molar refractivity (Wildman–Crippen MR) is 118 cm³/mol. The van der Waals surface area contributed by atoms with Gasteiger partial charge >= 0.3 is 0 Å². The van der Waals surface area contributed by atoms with E-state index in [-0.39, 0.29) is 16.9 Å². The highest BCUT2D eigenvalue weighted by atomic mass is 32.2. The number of aryl methyl sites for hydroxylation is 1. The molecule has 0 aromatic heterocycles. The van der Waals surface area contributed by atoms with Crippen molar-refractivity contribution in [2.75, 3.05) is 0 Å². The number of rotatable bonds is 4. The lowest BCUT2D eigenvalue weighted by molar-refractivity contribution is -0.132. The summed E-state index contributed by atoms with van der Waals surface area (Å²) >= 11 is 0. The first-order chi connectivity index (χ1) is 15.5. The van der Waals surface area contributed by atoms with Gasteiger partial charge in [-0.15, -0.1) is 0 Å². The van der Waals surface area contributed by atoms with Gasteiger partial charge in [0.15, 0.2) is 6.23 Å². The topological polar surface area (TPSA) is 70.2 Å². The van der Waals surface area contributed by atoms with E-state index in [0.29, 0.717) is 6.42 Å². The number of ether oxygens (including phenoxy) is 1. The highest BCUT2D eigenvalue weighted by Gasteiger charge is 2.64. The Labute approximate surface area is 187 Å². The van der Waals surface area contributed by atoms with Crippen molar-refractivity contribution in [3.05, 3.63) is 101 Å². The van der Waals surface area contributed by atoms with Crippen molar-refractivity contribution >= 4 is 15.9 Å². The molecule has 32 heavy (non-hydrogen) atoms. The minimum Gasteiger partial charge on any atom is -0.342 e. The average molecular weight is 447 g/mol. The SMILES string of the molecule is Cc1ccc(S(=O)(=O)N2[C@@H]3c4ccccc4[C@H]4O[C@H]4N3C(=O)[C@@H]2Cc2ccccc2)cc1. The van der Waals surface area contributed by atoms with Gasteiger partial charge in [-0.1, -0.05) is 72.3 Å². The van der Waals surface area contributed by atoms with E-state index in [2.05, 4.69) is 0 Å². The standard InChI is InChI=1S/C25H22N2O4S/c1-16-11-13-18(14-12-16)32(29,30)27-21(15-17-7-3-2-4-8-17)24(28)26-23(27)20-10-6-5-9-19(20)22-25(26)31-22/h2-14,21-23,25H,15H2,1H3/t21-,22+,23+,25+/m0/s1. The third-order valence-electron chi connectivity index (χ3n) is 6.54. The van der Waals surface area contributed by atoms with E-state index >= 15 is 0 Å². The monoisotopic (exact) mass is 446 g/mol. The summed E-state index contributed by atoms with van der Waals surface area (Å²) in [4.78, 5) is 15.5. The average Bonchev–Trinajstić information content (AvgIpc) is 3.54. The van der Waals surface area contributed by atoms with E-state index in [9.17, 15) is 13.2 Å². The predicted octanol–water partition coefficient (Wildman–Crippen LogP) is 3.55. The minimum absolute atomic E-state index is 0.187. The van der Waals surface area contributed by atoms with E-state index in [1.54, 1.807) is 29.2 Å². The maximum atomic E-state index is 14.0. The van der Waals surface area contributed by atoms with Crippen molar-refractivity contribution in [2.24, 2.45) is 0 Å². The fourth-order valence-electron chi connectivity index (χ4n) is 4.94. The smallest absolute Gasteiger partial charge is 0.245 e. The lowest BCUT2D eigenvalue weighted by atomic mass is 9.98. The summed E-state index contributed by atoms with van der Waals surface area (Å²) in [5.74, 6) is -0.212. The van der Waals surface area contributed by atoms with E-state index in [0.717, 1.165) is 22.3 Å². The highest BCUT2D eigenvalue weighted by molar-refractivity contribution is 7.89. The summed E-state index contributed by atoms with van der Waals surface area (Å²) in [6.07, 6.45) is -1.02. The first-order valence-corrected chi connectivity index (χ1v) is 12.1. The summed E-state index contributed by atoms with van der Waals surface area (Å²) in [7, 11) is -3.96. The number of benzene rings is 3. The summed E-state index contributed by atoms with van der Waals surface area (Å²) in [5.41, 5.74) is 3.65. The van der Waals surface area contributed by atoms with Gasteiger partial charge in [0.1, 0.15) is 18.3 Å². The van der Waals surface area contributed by atoms with Gasteiger partial charge in [-0.2, -0.15) is 4.31 Å². The van der Waals surface area contributed by atoms with Crippen molar-refractivity contribution in [1.82, 2.24) is 9.21 Å². The molecule has 0 radical (unpaired) electrons. The van der Waals surface area contributed by atoms with E-state index in [1.165, 1.54) is 4.31 Å². The van der Waals surface area contributed by atoms with Crippen LogP contribution in [0.3, 0.4) is 0 Å². The zero-order valence-electron chi connectivity index (χ0n) is 17.5. The van der Waals surface area contributed by atoms with Crippen LogP contribution in [0.2, 0.25) is 0 Å². The summed E-state index contributed by atoms with van der Waals surface area (Å²) in [5, 5.41) is 0. The molecule has 4 atom stereocenters. The van der Waals surface area contributed by atoms with Crippen LogP contribution in [0.1, 0.15) is 34.5 Å². The van der Waals surface area contributed by atoms with E-state index < -0.39 is 28.5 Å². The van der Waals surface area contributed by atoms with Gasteiger partial charge in [0.2, 0.25) is 15.9 Å². The van der Waals surface area contributed by atoms with Crippen molar-refractivity contribution < 1.29 is 17.9 Å². The first kappa shape index (κ1) is 19.7. The van der Waals surface area contributed by atoms with Crippen molar-refractivity contribution in [3.63, 3.8) is 0 Å². The molecule has 1 amide bonds. The van der Waals surface area contributed by atoms with Crippen LogP contribution in [-0.4, -0.2) is 35.8 Å². The fraction of sp³-hybridized carbons (Fsp3) is 0.240. The van der Waals surface area contributed by atoms with Crippen LogP contribution in [0, 0.1) is 6.92 Å². The normalized spacial score (nSPS) is 26.4. The van der Waals surface area contributed by atoms with Gasteiger partial charge in [0, 0.05) is 0 Å². The molecule has 162 valence electrons. The third-order valence-corrected chi connectivity index (χ3v) is 8.42. The zero-order valence-corrected chi connectivity index (χ0v) is 18.3. The lowest BCUT2D eigenvalue weighted by Crippen LogP contribution is -2.41. The molecular weight excluding hydrogens is 424 g/mol. The minimum atomic E-state index is -3.96. The van der Waals surface area contributed by atoms with Crippen molar-refractivity contribution in [1.29, 1.82) is 0 Å². The molecule has 0 unspecified atom stereocenters. The Morgan fingerprint density at radius 1 is 0.875 bits per heavy atom. The Morgan fingerprint density at radius 2 is 1.53 bits per heavy atom. The van der Waals surface area contributed by atoms with Crippen LogP contribution >= 0.6 is 0 Å². The molecule has 3 aliphatic heterocycles. The molecule has 3 aromatic rings. The second-order valence-corrected chi connectivity index (χ2v) is 10.4. The Hall–Kier alpha value is -3.00. The molecule has 0 spiro atoms. The van der Waals surface area contributed by atoms with E-state index in [4.69, 9.17) is 4.74 Å². The van der Waals surface area contributed by atoms with Crippen LogP contribution in [-0.2, 0) is 26.0 Å². The number of nitrogens with zero attached hydrogens (tertiary/aromatic N) is 2. The molecule has 0 saturated carbocycles. The second kappa shape index (κ2) is 7.00. The van der Waals surface area contributed by atoms with Gasteiger partial charge < -0.3 is 4.74 Å². The molecule has 0 aliphatic carbocycles. The third kappa shape index (κ3) is 2.85. The van der Waals surface area contributed by atoms with Gasteiger partial charge in [0.25, 0.3) is 0 Å². The molecule has 3 heterocycles. The van der Waals surface area contributed by atoms with Crippen LogP contribution in [0.25, 0.3) is 0 Å². The number of sulfonamides is 1. The maximum absolute atomic E-state index is 14.0. The van der Waals surface area contributed by atoms with E-state index in [1.807, 2.05) is 61.5 Å². The Balaban J connectivity index is 1.52. The van der Waals surface area contributed by atoms with Gasteiger partial charge in [0.05, 0.1) is 4.90 Å². The van der Waals surface area contributed by atoms with Gasteiger partial charge in [-0.05, 0) is 42.2 Å². The van der Waals surface area contributed by atoms with Crippen molar-refractivity contribution in [2.45, 2.75) is 42.8 Å². The molecule has 2 saturated heterocycles. The number of carbonyl (C=O) groups excluding carboxylic acids is 1. The first-order valence-electron chi connectivity index (χ1n) is 10.7. The van der Waals surface area contributed by atoms with Gasteiger partial charge in [-0.25, -0.2) is 8.42 Å². The molecule has 0 N–H and O–H groups in total. The quantitative estimate of drug-likeness (QED) is 0.575. The number of hydrogen-bond donors (Lipinski definition) is 0. The summed E-state index contributed by atoms with van der Waals surface area (Å²) < 4.78 is 35.2. The summed E-state index contributed by atoms with van der Waals surface area (Å²) in [6, 6.07) is 23.2. The molecule has 6 nitrogen and oxygen atoms in total. The number of carbonyl (C=O) groups is 1. The molecule has 2 fully saturated rings. The van der Waals surface area contributed by atoms with Crippen LogP contribution in [0.15, 0.2) is 83.8 Å². The fourth-order valence-corrected chi connectivity index (χ4v) is 6.64. The number of hydrogen-bond acceptors (Lipinski definition) is 4. The maximum Gasteiger partial charge on any atom is 0.245 e. The zero-order chi connectivity index (χ0) is 22.0.